The Kier molecular flexibility index (Phi) is 5.13. The Morgan fingerprint density at radius 3 is 2.87 bits per heavy atom. The number of hydrogen-bond donors (Lipinski definition) is 0. The third-order valence-electron chi connectivity index (χ3n) is 4.90. The lowest BCUT2D eigenvalue weighted by Gasteiger charge is -2.49. The van der Waals surface area contributed by atoms with Crippen LogP contribution in [0.1, 0.15) is 19.3 Å². The molecule has 126 valence electrons. The number of hydrogen-bond acceptors (Lipinski definition) is 5. The maximum absolute atomic E-state index is 12.3. The Bertz CT molecular complexity index is 525. The van der Waals surface area contributed by atoms with Gasteiger partial charge in [-0.25, -0.2) is 4.98 Å². The van der Waals surface area contributed by atoms with Crippen molar-refractivity contribution in [2.75, 3.05) is 27.4 Å². The lowest BCUT2D eigenvalue weighted by Crippen LogP contribution is -2.60. The Morgan fingerprint density at radius 2 is 2.17 bits per heavy atom. The summed E-state index contributed by atoms with van der Waals surface area (Å²) in [6.45, 7) is 0.680. The minimum atomic E-state index is -0.104. The molecule has 23 heavy (non-hydrogen) atoms. The fourth-order valence-corrected chi connectivity index (χ4v) is 3.81. The monoisotopic (exact) mass is 320 g/mol. The van der Waals surface area contributed by atoms with E-state index in [1.165, 1.54) is 0 Å². The van der Waals surface area contributed by atoms with Crippen LogP contribution >= 0.6 is 0 Å². The SMILES string of the molecule is COCC(=O)N1C[C@H](Oc2ccccn2)[C@H]2C[C@@H]1CC[C@H]2OC. The highest BCUT2D eigenvalue weighted by atomic mass is 16.5. The molecule has 1 amide bonds. The van der Waals surface area contributed by atoms with Gasteiger partial charge in [-0.2, -0.15) is 0 Å². The van der Waals surface area contributed by atoms with Crippen molar-refractivity contribution in [3.05, 3.63) is 24.4 Å². The largest absolute Gasteiger partial charge is 0.472 e. The number of nitrogens with zero attached hydrogens (tertiary/aromatic N) is 2. The molecule has 1 aliphatic heterocycles. The number of rotatable bonds is 5. The van der Waals surface area contributed by atoms with E-state index in [9.17, 15) is 4.79 Å². The van der Waals surface area contributed by atoms with E-state index in [-0.39, 0.29) is 36.7 Å². The van der Waals surface area contributed by atoms with Crippen molar-refractivity contribution in [3.63, 3.8) is 0 Å². The molecule has 2 fully saturated rings. The first-order valence-corrected chi connectivity index (χ1v) is 8.11. The van der Waals surface area contributed by atoms with Crippen LogP contribution in [0.15, 0.2) is 24.4 Å². The molecule has 2 bridgehead atoms. The summed E-state index contributed by atoms with van der Waals surface area (Å²) in [5.74, 6) is 0.907. The van der Waals surface area contributed by atoms with E-state index >= 15 is 0 Å². The van der Waals surface area contributed by atoms with Crippen molar-refractivity contribution >= 4 is 5.91 Å². The quantitative estimate of drug-likeness (QED) is 0.823. The van der Waals surface area contributed by atoms with E-state index in [4.69, 9.17) is 14.2 Å². The van der Waals surface area contributed by atoms with Gasteiger partial charge in [-0.05, 0) is 25.3 Å². The molecule has 2 heterocycles. The Hall–Kier alpha value is -1.66. The predicted octanol–water partition coefficient (Wildman–Crippen LogP) is 1.50. The van der Waals surface area contributed by atoms with Crippen molar-refractivity contribution in [1.29, 1.82) is 0 Å². The molecule has 1 aliphatic carbocycles. The van der Waals surface area contributed by atoms with Crippen LogP contribution in [0.2, 0.25) is 0 Å². The molecule has 4 atom stereocenters. The fraction of sp³-hybridized carbons (Fsp3) is 0.647. The van der Waals surface area contributed by atoms with Crippen molar-refractivity contribution in [1.82, 2.24) is 9.88 Å². The summed E-state index contributed by atoms with van der Waals surface area (Å²) in [7, 11) is 3.31. The number of ether oxygens (including phenoxy) is 3. The highest BCUT2D eigenvalue weighted by Gasteiger charge is 2.45. The van der Waals surface area contributed by atoms with Crippen LogP contribution in [0.3, 0.4) is 0 Å². The van der Waals surface area contributed by atoms with Crippen LogP contribution in [-0.4, -0.2) is 61.4 Å². The van der Waals surface area contributed by atoms with Crippen molar-refractivity contribution in [3.8, 4) is 5.88 Å². The second kappa shape index (κ2) is 7.27. The zero-order valence-electron chi connectivity index (χ0n) is 13.7. The maximum atomic E-state index is 12.3. The van der Waals surface area contributed by atoms with Gasteiger partial charge >= 0.3 is 0 Å². The number of carbonyl (C=O) groups excluding carboxylic acids is 1. The molecule has 0 aromatic carbocycles. The number of methoxy groups -OCH3 is 2. The summed E-state index contributed by atoms with van der Waals surface area (Å²) in [5, 5.41) is 0. The average Bonchev–Trinajstić information content (AvgIpc) is 2.58. The lowest BCUT2D eigenvalue weighted by molar-refractivity contribution is -0.151. The highest BCUT2D eigenvalue weighted by molar-refractivity contribution is 5.78. The molecule has 0 radical (unpaired) electrons. The molecule has 0 N–H and O–H groups in total. The summed E-state index contributed by atoms with van der Waals surface area (Å²) in [6.07, 6.45) is 4.62. The number of amides is 1. The standard InChI is InChI=1S/C17H24N2O4/c1-21-11-17(20)19-10-15(23-16-5-3-4-8-18-16)13-9-12(19)6-7-14(13)22-2/h3-5,8,12-15H,6-7,9-11H2,1-2H3/t12-,13-,14+,15-/m0/s1. The highest BCUT2D eigenvalue weighted by Crippen LogP contribution is 2.38. The van der Waals surface area contributed by atoms with Crippen molar-refractivity contribution in [2.45, 2.75) is 37.5 Å². The molecule has 6 nitrogen and oxygen atoms in total. The van der Waals surface area contributed by atoms with Gasteiger partial charge in [0.2, 0.25) is 11.8 Å². The van der Waals surface area contributed by atoms with Crippen LogP contribution in [0.4, 0.5) is 0 Å². The summed E-state index contributed by atoms with van der Waals surface area (Å²) in [6, 6.07) is 5.86. The smallest absolute Gasteiger partial charge is 0.248 e. The summed E-state index contributed by atoms with van der Waals surface area (Å²) in [4.78, 5) is 18.5. The summed E-state index contributed by atoms with van der Waals surface area (Å²) >= 11 is 0. The molecular formula is C17H24N2O4. The first-order valence-electron chi connectivity index (χ1n) is 8.11. The molecule has 1 saturated heterocycles. The normalized spacial score (nSPS) is 30.1. The van der Waals surface area contributed by atoms with Crippen molar-refractivity contribution in [2.24, 2.45) is 5.92 Å². The van der Waals surface area contributed by atoms with Gasteiger partial charge in [0.05, 0.1) is 12.6 Å². The van der Waals surface area contributed by atoms with E-state index in [2.05, 4.69) is 4.98 Å². The second-order valence-corrected chi connectivity index (χ2v) is 6.21. The molecule has 1 saturated carbocycles. The number of pyridine rings is 1. The van der Waals surface area contributed by atoms with Gasteiger partial charge in [0.15, 0.2) is 0 Å². The van der Waals surface area contributed by atoms with Crippen LogP contribution < -0.4 is 4.74 Å². The van der Waals surface area contributed by atoms with E-state index in [0.717, 1.165) is 19.3 Å². The molecular weight excluding hydrogens is 296 g/mol. The molecule has 1 aromatic rings. The average molecular weight is 320 g/mol. The molecule has 1 aromatic heterocycles. The van der Waals surface area contributed by atoms with E-state index in [1.807, 2.05) is 23.1 Å². The molecule has 6 heteroatoms. The van der Waals surface area contributed by atoms with Gasteiger partial charge in [0.25, 0.3) is 0 Å². The third-order valence-corrected chi connectivity index (χ3v) is 4.90. The maximum Gasteiger partial charge on any atom is 0.248 e. The predicted molar refractivity (Wildman–Crippen MR) is 84.2 cm³/mol. The molecule has 3 rings (SSSR count). The Labute approximate surface area is 136 Å². The Balaban J connectivity index is 1.78. The number of piperidine rings is 1. The van der Waals surface area contributed by atoms with E-state index in [1.54, 1.807) is 20.4 Å². The van der Waals surface area contributed by atoms with Crippen LogP contribution in [-0.2, 0) is 14.3 Å². The third kappa shape index (κ3) is 3.48. The van der Waals surface area contributed by atoms with Gasteiger partial charge in [-0.15, -0.1) is 0 Å². The minimum Gasteiger partial charge on any atom is -0.472 e. The van der Waals surface area contributed by atoms with E-state index in [0.29, 0.717) is 12.4 Å². The summed E-state index contributed by atoms with van der Waals surface area (Å²) < 4.78 is 16.8. The van der Waals surface area contributed by atoms with Gasteiger partial charge in [-0.3, -0.25) is 4.79 Å². The summed E-state index contributed by atoms with van der Waals surface area (Å²) in [5.41, 5.74) is 0. The first-order chi connectivity index (χ1) is 11.2. The number of likely N-dealkylation sites (tertiary alicyclic amines) is 1. The van der Waals surface area contributed by atoms with Gasteiger partial charge < -0.3 is 19.1 Å². The Morgan fingerprint density at radius 1 is 1.30 bits per heavy atom. The van der Waals surface area contributed by atoms with Gasteiger partial charge in [0, 0.05) is 38.4 Å². The fourth-order valence-electron chi connectivity index (χ4n) is 3.81. The van der Waals surface area contributed by atoms with Crippen LogP contribution in [0, 0.1) is 5.92 Å². The topological polar surface area (TPSA) is 60.9 Å². The molecule has 0 unspecified atom stereocenters. The zero-order valence-corrected chi connectivity index (χ0v) is 13.7. The lowest BCUT2D eigenvalue weighted by atomic mass is 9.76. The van der Waals surface area contributed by atoms with Gasteiger partial charge in [0.1, 0.15) is 12.7 Å². The number of aromatic nitrogens is 1. The molecule has 0 spiro atoms. The number of carbonyl (C=O) groups is 1. The molecule has 2 aliphatic rings. The van der Waals surface area contributed by atoms with Crippen LogP contribution in [0.25, 0.3) is 0 Å². The van der Waals surface area contributed by atoms with Crippen molar-refractivity contribution < 1.29 is 19.0 Å². The van der Waals surface area contributed by atoms with Gasteiger partial charge in [-0.1, -0.05) is 6.07 Å². The van der Waals surface area contributed by atoms with Crippen LogP contribution in [0.5, 0.6) is 5.88 Å². The van der Waals surface area contributed by atoms with E-state index < -0.39 is 0 Å². The minimum absolute atomic E-state index is 0.0291. The second-order valence-electron chi connectivity index (χ2n) is 6.21. The zero-order chi connectivity index (χ0) is 16.2. The first kappa shape index (κ1) is 16.2. The number of fused-ring (bicyclic) bond motifs is 2.